The summed E-state index contributed by atoms with van der Waals surface area (Å²) in [4.78, 5) is 13.2. The fourth-order valence-electron chi connectivity index (χ4n) is 2.32. The maximum absolute atomic E-state index is 12.0. The van der Waals surface area contributed by atoms with E-state index in [1.165, 1.54) is 0 Å². The van der Waals surface area contributed by atoms with Crippen LogP contribution in [-0.2, 0) is 4.79 Å². The number of fused-ring (bicyclic) bond motifs is 2. The van der Waals surface area contributed by atoms with Crippen LogP contribution in [0.25, 0.3) is 0 Å². The first-order valence-electron chi connectivity index (χ1n) is 5.15. The molecule has 0 unspecified atom stereocenters. The normalized spacial score (nSPS) is 30.1. The van der Waals surface area contributed by atoms with Crippen LogP contribution in [0.1, 0.15) is 19.3 Å². The quantitative estimate of drug-likeness (QED) is 0.563. The molecule has 2 atom stereocenters. The van der Waals surface area contributed by atoms with E-state index in [9.17, 15) is 18.0 Å². The average Bonchev–Trinajstić information content (AvgIpc) is 2.71. The molecule has 0 spiro atoms. The number of carbonyl (C=O) groups is 1. The standard InChI is InChI=1S/C9H12F3IN2O/c10-9(11,12)2-1-8(16)14-4-7-3-6(14)5-15(7)13/h6-7H,1-5H2/t6-,7-/m0/s1. The van der Waals surface area contributed by atoms with E-state index in [1.807, 2.05) is 0 Å². The third kappa shape index (κ3) is 2.61. The van der Waals surface area contributed by atoms with Crippen LogP contribution in [0.2, 0.25) is 0 Å². The van der Waals surface area contributed by atoms with Crippen molar-refractivity contribution in [2.24, 2.45) is 0 Å². The molecule has 0 saturated carbocycles. The number of hydrogen-bond donors (Lipinski definition) is 0. The molecule has 0 radical (unpaired) electrons. The number of nitrogens with zero attached hydrogens (tertiary/aromatic N) is 2. The molecule has 92 valence electrons. The summed E-state index contributed by atoms with van der Waals surface area (Å²) in [5, 5.41) is 0. The van der Waals surface area contributed by atoms with Crippen LogP contribution in [-0.4, -0.2) is 45.3 Å². The Morgan fingerprint density at radius 2 is 2.00 bits per heavy atom. The number of alkyl halides is 3. The van der Waals surface area contributed by atoms with E-state index in [2.05, 4.69) is 26.0 Å². The summed E-state index contributed by atoms with van der Waals surface area (Å²) >= 11 is 2.21. The van der Waals surface area contributed by atoms with E-state index < -0.39 is 19.0 Å². The molecule has 2 aliphatic rings. The minimum atomic E-state index is -4.23. The van der Waals surface area contributed by atoms with Gasteiger partial charge in [0.05, 0.1) is 6.42 Å². The van der Waals surface area contributed by atoms with Crippen LogP contribution >= 0.6 is 22.9 Å². The van der Waals surface area contributed by atoms with Crippen LogP contribution in [0.3, 0.4) is 0 Å². The van der Waals surface area contributed by atoms with Crippen molar-refractivity contribution in [3.8, 4) is 0 Å². The van der Waals surface area contributed by atoms with Gasteiger partial charge in [-0.3, -0.25) is 4.79 Å². The number of carbonyl (C=O) groups excluding carboxylic acids is 1. The van der Waals surface area contributed by atoms with Gasteiger partial charge in [-0.2, -0.15) is 13.2 Å². The minimum Gasteiger partial charge on any atom is -0.337 e. The van der Waals surface area contributed by atoms with Gasteiger partial charge < -0.3 is 4.90 Å². The maximum atomic E-state index is 12.0. The molecule has 1 amide bonds. The van der Waals surface area contributed by atoms with Gasteiger partial charge in [-0.05, 0) is 6.42 Å². The molecule has 0 aromatic heterocycles. The van der Waals surface area contributed by atoms with Gasteiger partial charge in [0, 0.05) is 54.5 Å². The number of piperazine rings is 1. The van der Waals surface area contributed by atoms with Gasteiger partial charge in [0.25, 0.3) is 0 Å². The van der Waals surface area contributed by atoms with Crippen molar-refractivity contribution in [3.05, 3.63) is 0 Å². The second-order valence-electron chi connectivity index (χ2n) is 4.29. The van der Waals surface area contributed by atoms with Crippen LogP contribution in [0, 0.1) is 0 Å². The Hall–Kier alpha value is -0.0500. The van der Waals surface area contributed by atoms with Crippen LogP contribution in [0.4, 0.5) is 13.2 Å². The van der Waals surface area contributed by atoms with Crippen LogP contribution in [0.15, 0.2) is 0 Å². The highest BCUT2D eigenvalue weighted by atomic mass is 127. The second kappa shape index (κ2) is 4.32. The van der Waals surface area contributed by atoms with Gasteiger partial charge in [0.1, 0.15) is 0 Å². The van der Waals surface area contributed by atoms with E-state index in [-0.39, 0.29) is 11.9 Å². The lowest BCUT2D eigenvalue weighted by molar-refractivity contribution is -0.150. The molecule has 7 heteroatoms. The molecule has 0 aliphatic carbocycles. The Morgan fingerprint density at radius 1 is 1.31 bits per heavy atom. The fourth-order valence-corrected chi connectivity index (χ4v) is 3.17. The number of amides is 1. The first kappa shape index (κ1) is 12.4. The number of likely N-dealkylation sites (tertiary alicyclic amines) is 1. The zero-order valence-electron chi connectivity index (χ0n) is 8.50. The summed E-state index contributed by atoms with van der Waals surface area (Å²) in [7, 11) is 0. The monoisotopic (exact) mass is 348 g/mol. The Labute approximate surface area is 105 Å². The lowest BCUT2D eigenvalue weighted by Gasteiger charge is -2.30. The zero-order valence-corrected chi connectivity index (χ0v) is 10.7. The molecule has 16 heavy (non-hydrogen) atoms. The molecule has 2 bridgehead atoms. The third-order valence-electron chi connectivity index (χ3n) is 3.12. The first-order valence-corrected chi connectivity index (χ1v) is 6.12. The van der Waals surface area contributed by atoms with Crippen molar-refractivity contribution in [2.45, 2.75) is 37.5 Å². The molecule has 2 fully saturated rings. The molecule has 2 heterocycles. The topological polar surface area (TPSA) is 23.6 Å². The molecule has 0 N–H and O–H groups in total. The molecule has 0 aromatic carbocycles. The van der Waals surface area contributed by atoms with Crippen molar-refractivity contribution < 1.29 is 18.0 Å². The highest BCUT2D eigenvalue weighted by Gasteiger charge is 2.44. The highest BCUT2D eigenvalue weighted by Crippen LogP contribution is 2.34. The van der Waals surface area contributed by atoms with E-state index >= 15 is 0 Å². The Balaban J connectivity index is 1.84. The Morgan fingerprint density at radius 3 is 2.44 bits per heavy atom. The number of halogens is 4. The predicted molar refractivity (Wildman–Crippen MR) is 59.9 cm³/mol. The Bertz CT molecular complexity index is 295. The van der Waals surface area contributed by atoms with Crippen molar-refractivity contribution in [3.63, 3.8) is 0 Å². The van der Waals surface area contributed by atoms with E-state index in [1.54, 1.807) is 4.90 Å². The number of rotatable bonds is 2. The summed E-state index contributed by atoms with van der Waals surface area (Å²) in [6.45, 7) is 1.37. The van der Waals surface area contributed by atoms with Gasteiger partial charge >= 0.3 is 6.18 Å². The van der Waals surface area contributed by atoms with Crippen molar-refractivity contribution >= 4 is 28.8 Å². The van der Waals surface area contributed by atoms with Gasteiger partial charge in [-0.1, -0.05) is 0 Å². The summed E-state index contributed by atoms with van der Waals surface area (Å²) in [6.07, 6.45) is -4.74. The molecule has 3 nitrogen and oxygen atoms in total. The average molecular weight is 348 g/mol. The molecule has 0 aromatic rings. The van der Waals surface area contributed by atoms with Crippen molar-refractivity contribution in [1.29, 1.82) is 0 Å². The van der Waals surface area contributed by atoms with Gasteiger partial charge in [0.15, 0.2) is 0 Å². The minimum absolute atomic E-state index is 0.127. The fraction of sp³-hybridized carbons (Fsp3) is 0.889. The van der Waals surface area contributed by atoms with E-state index in [0.717, 1.165) is 13.0 Å². The smallest absolute Gasteiger partial charge is 0.337 e. The Kier molecular flexibility index (Phi) is 3.35. The molecule has 2 rings (SSSR count). The highest BCUT2D eigenvalue weighted by molar-refractivity contribution is 14.1. The summed E-state index contributed by atoms with van der Waals surface area (Å²) in [5.74, 6) is -0.352. The van der Waals surface area contributed by atoms with E-state index in [0.29, 0.717) is 12.6 Å². The van der Waals surface area contributed by atoms with Crippen molar-refractivity contribution in [2.75, 3.05) is 13.1 Å². The first-order chi connectivity index (χ1) is 7.37. The molecule has 2 saturated heterocycles. The lowest BCUT2D eigenvalue weighted by Crippen LogP contribution is -2.45. The largest absolute Gasteiger partial charge is 0.389 e. The summed E-state index contributed by atoms with van der Waals surface area (Å²) in [5.41, 5.74) is 0. The van der Waals surface area contributed by atoms with Gasteiger partial charge in [0.2, 0.25) is 5.91 Å². The van der Waals surface area contributed by atoms with Crippen LogP contribution in [0.5, 0.6) is 0 Å². The second-order valence-corrected chi connectivity index (χ2v) is 5.53. The summed E-state index contributed by atoms with van der Waals surface area (Å²) in [6, 6.07) is 0.461. The predicted octanol–water partition coefficient (Wildman–Crippen LogP) is 1.96. The van der Waals surface area contributed by atoms with Crippen molar-refractivity contribution in [1.82, 2.24) is 8.01 Å². The maximum Gasteiger partial charge on any atom is 0.389 e. The lowest BCUT2D eigenvalue weighted by atomic mass is 10.2. The molecule has 2 aliphatic heterocycles. The van der Waals surface area contributed by atoms with E-state index in [4.69, 9.17) is 0 Å². The van der Waals surface area contributed by atoms with Crippen LogP contribution < -0.4 is 0 Å². The third-order valence-corrected chi connectivity index (χ3v) is 4.30. The van der Waals surface area contributed by atoms with Gasteiger partial charge in [-0.25, -0.2) is 3.11 Å². The van der Waals surface area contributed by atoms with Gasteiger partial charge in [-0.15, -0.1) is 0 Å². The number of hydrogen-bond acceptors (Lipinski definition) is 2. The molecular weight excluding hydrogens is 336 g/mol. The molecular formula is C9H12F3IN2O. The zero-order chi connectivity index (χ0) is 11.9. The summed E-state index contributed by atoms with van der Waals surface area (Å²) < 4.78 is 38.1. The SMILES string of the molecule is O=C(CCC(F)(F)F)N1C[C@@H]2C[C@H]1CN2I.